The van der Waals surface area contributed by atoms with Crippen molar-refractivity contribution in [3.63, 3.8) is 0 Å². The van der Waals surface area contributed by atoms with Crippen LogP contribution in [0.15, 0.2) is 6.07 Å². The highest BCUT2D eigenvalue weighted by atomic mass is 35.5. The molecule has 19 heavy (non-hydrogen) atoms. The van der Waals surface area contributed by atoms with Gasteiger partial charge in [0, 0.05) is 6.07 Å². The van der Waals surface area contributed by atoms with Crippen molar-refractivity contribution in [2.24, 2.45) is 5.73 Å². The van der Waals surface area contributed by atoms with Gasteiger partial charge in [-0.25, -0.2) is 8.78 Å². The quantitative estimate of drug-likeness (QED) is 0.638. The molecule has 3 N–H and O–H groups in total. The van der Waals surface area contributed by atoms with Crippen molar-refractivity contribution in [2.75, 3.05) is 13.1 Å². The number of rotatable bonds is 5. The third-order valence-corrected chi connectivity index (χ3v) is 3.16. The number of nitrogens with two attached hydrogens (primary N) is 1. The number of nitrogens with one attached hydrogen (secondary N) is 1. The van der Waals surface area contributed by atoms with Gasteiger partial charge in [0.05, 0.1) is 27.8 Å². The number of nitrogens with zero attached hydrogens (tertiary/aromatic N) is 1. The fraction of sp³-hybridized carbons (Fsp3) is 0.444. The molecule has 0 saturated heterocycles. The van der Waals surface area contributed by atoms with Crippen molar-refractivity contribution < 1.29 is 18.5 Å². The summed E-state index contributed by atoms with van der Waals surface area (Å²) < 4.78 is 25.6. The summed E-state index contributed by atoms with van der Waals surface area (Å²) in [6.45, 7) is -0.294. The van der Waals surface area contributed by atoms with E-state index in [-0.39, 0.29) is 23.0 Å². The molecule has 0 bridgehead atoms. The van der Waals surface area contributed by atoms with Gasteiger partial charge in [-0.05, 0) is 6.92 Å². The van der Waals surface area contributed by atoms with Crippen molar-refractivity contribution in [1.29, 1.82) is 0 Å². The zero-order chi connectivity index (χ0) is 13.9. The Balaban J connectivity index is 0.00000324. The van der Waals surface area contributed by atoms with Crippen LogP contribution in [0.4, 0.5) is 14.5 Å². The third kappa shape index (κ3) is 4.69. The predicted octanol–water partition coefficient (Wildman–Crippen LogP) is 1.71. The molecule has 10 heteroatoms. The second kappa shape index (κ2) is 6.73. The number of alkyl halides is 2. The largest absolute Gasteiger partial charge is 0.345 e. The highest BCUT2D eigenvalue weighted by molar-refractivity contribution is 7.14. The molecular formula is C9H12ClF2N3O3S. The Labute approximate surface area is 117 Å². The van der Waals surface area contributed by atoms with Crippen molar-refractivity contribution >= 4 is 35.3 Å². The van der Waals surface area contributed by atoms with Crippen LogP contribution < -0.4 is 11.1 Å². The minimum atomic E-state index is -3.19. The molecule has 0 aliphatic carbocycles. The monoisotopic (exact) mass is 315 g/mol. The number of aryl methyl sites for hydroxylation is 1. The fourth-order valence-corrected chi connectivity index (χ4v) is 2.04. The molecule has 1 amide bonds. The Morgan fingerprint density at radius 3 is 2.63 bits per heavy atom. The molecule has 1 rings (SSSR count). The number of thiophene rings is 1. The van der Waals surface area contributed by atoms with Gasteiger partial charge in [-0.3, -0.25) is 14.9 Å². The van der Waals surface area contributed by atoms with Gasteiger partial charge in [0.15, 0.2) is 0 Å². The van der Waals surface area contributed by atoms with Crippen LogP contribution in [0.3, 0.4) is 0 Å². The van der Waals surface area contributed by atoms with Crippen LogP contribution in [0, 0.1) is 17.0 Å². The number of hydrogen-bond acceptors (Lipinski definition) is 5. The first-order valence-corrected chi connectivity index (χ1v) is 5.69. The summed E-state index contributed by atoms with van der Waals surface area (Å²) in [7, 11) is 0. The second-order valence-electron chi connectivity index (χ2n) is 3.55. The Bertz CT molecular complexity index is 481. The number of amides is 1. The van der Waals surface area contributed by atoms with Gasteiger partial charge in [0.1, 0.15) is 0 Å². The SMILES string of the molecule is Cc1sc(C(=O)NCC(F)(F)CN)cc1[N+](=O)[O-].Cl. The lowest BCUT2D eigenvalue weighted by atomic mass is 10.3. The first-order chi connectivity index (χ1) is 8.26. The van der Waals surface area contributed by atoms with E-state index in [4.69, 9.17) is 5.73 Å². The van der Waals surface area contributed by atoms with Crippen LogP contribution >= 0.6 is 23.7 Å². The van der Waals surface area contributed by atoms with Gasteiger partial charge in [-0.1, -0.05) is 0 Å². The Morgan fingerprint density at radius 1 is 1.63 bits per heavy atom. The standard InChI is InChI=1S/C9H11F2N3O3S.ClH/c1-5-6(14(16)17)2-7(18-5)8(15)13-4-9(10,11)3-12;/h2H,3-4,12H2,1H3,(H,13,15);1H. The predicted molar refractivity (Wildman–Crippen MR) is 69.3 cm³/mol. The summed E-state index contributed by atoms with van der Waals surface area (Å²) >= 11 is 0.879. The van der Waals surface area contributed by atoms with E-state index >= 15 is 0 Å². The fourth-order valence-electron chi connectivity index (χ4n) is 1.13. The molecule has 0 spiro atoms. The highest BCUT2D eigenvalue weighted by Gasteiger charge is 2.28. The summed E-state index contributed by atoms with van der Waals surface area (Å²) in [5, 5.41) is 12.6. The van der Waals surface area contributed by atoms with Crippen molar-refractivity contribution in [3.05, 3.63) is 25.9 Å². The van der Waals surface area contributed by atoms with E-state index in [1.54, 1.807) is 0 Å². The molecule has 1 aromatic rings. The average Bonchev–Trinajstić information content (AvgIpc) is 2.68. The van der Waals surface area contributed by atoms with E-state index in [0.717, 1.165) is 17.4 Å². The zero-order valence-corrected chi connectivity index (χ0v) is 11.4. The normalized spacial score (nSPS) is 10.7. The van der Waals surface area contributed by atoms with Crippen LogP contribution in [-0.2, 0) is 0 Å². The summed E-state index contributed by atoms with van der Waals surface area (Å²) in [5.74, 6) is -3.96. The summed E-state index contributed by atoms with van der Waals surface area (Å²) in [5.41, 5.74) is 4.61. The van der Waals surface area contributed by atoms with Crippen LogP contribution in [0.25, 0.3) is 0 Å². The molecule has 0 saturated carbocycles. The molecule has 0 atom stereocenters. The highest BCUT2D eigenvalue weighted by Crippen LogP contribution is 2.27. The van der Waals surface area contributed by atoms with E-state index < -0.39 is 29.8 Å². The number of nitro groups is 1. The van der Waals surface area contributed by atoms with Gasteiger partial charge in [-0.15, -0.1) is 23.7 Å². The maximum absolute atomic E-state index is 12.8. The number of hydrogen-bond donors (Lipinski definition) is 2. The second-order valence-corrected chi connectivity index (χ2v) is 4.81. The lowest BCUT2D eigenvalue weighted by Crippen LogP contribution is -2.41. The van der Waals surface area contributed by atoms with Crippen LogP contribution in [-0.4, -0.2) is 29.8 Å². The Kier molecular flexibility index (Phi) is 6.27. The maximum atomic E-state index is 12.8. The molecule has 0 aliphatic rings. The number of halogens is 3. The zero-order valence-electron chi connectivity index (χ0n) is 9.81. The molecule has 0 radical (unpaired) electrons. The smallest absolute Gasteiger partial charge is 0.283 e. The topological polar surface area (TPSA) is 98.3 Å². The number of carbonyl (C=O) groups excluding carboxylic acids is 1. The first kappa shape index (κ1) is 17.7. The molecule has 108 valence electrons. The molecule has 6 nitrogen and oxygen atoms in total. The molecule has 0 aliphatic heterocycles. The lowest BCUT2D eigenvalue weighted by molar-refractivity contribution is -0.385. The molecular weight excluding hydrogens is 304 g/mol. The maximum Gasteiger partial charge on any atom is 0.283 e. The van der Waals surface area contributed by atoms with Crippen molar-refractivity contribution in [1.82, 2.24) is 5.32 Å². The summed E-state index contributed by atoms with van der Waals surface area (Å²) in [6, 6.07) is 1.07. The van der Waals surface area contributed by atoms with Crippen LogP contribution in [0.5, 0.6) is 0 Å². The minimum absolute atomic E-state index is 0. The van der Waals surface area contributed by atoms with E-state index in [1.807, 2.05) is 5.32 Å². The molecule has 0 unspecified atom stereocenters. The lowest BCUT2D eigenvalue weighted by Gasteiger charge is -2.13. The van der Waals surface area contributed by atoms with E-state index in [0.29, 0.717) is 4.88 Å². The van der Waals surface area contributed by atoms with E-state index in [1.165, 1.54) is 6.92 Å². The van der Waals surface area contributed by atoms with Gasteiger partial charge in [0.25, 0.3) is 17.5 Å². The Morgan fingerprint density at radius 2 is 2.21 bits per heavy atom. The van der Waals surface area contributed by atoms with Crippen LogP contribution in [0.2, 0.25) is 0 Å². The van der Waals surface area contributed by atoms with Crippen LogP contribution in [0.1, 0.15) is 14.5 Å². The van der Waals surface area contributed by atoms with E-state index in [9.17, 15) is 23.7 Å². The summed E-state index contributed by atoms with van der Waals surface area (Å²) in [4.78, 5) is 21.8. The minimum Gasteiger partial charge on any atom is -0.345 e. The van der Waals surface area contributed by atoms with Crippen molar-refractivity contribution in [2.45, 2.75) is 12.8 Å². The van der Waals surface area contributed by atoms with Gasteiger partial charge >= 0.3 is 0 Å². The number of carbonyl (C=O) groups is 1. The average molecular weight is 316 g/mol. The molecule has 0 fully saturated rings. The van der Waals surface area contributed by atoms with Gasteiger partial charge < -0.3 is 11.1 Å². The molecule has 0 aromatic carbocycles. The van der Waals surface area contributed by atoms with Gasteiger partial charge in [0.2, 0.25) is 0 Å². The third-order valence-electron chi connectivity index (χ3n) is 2.12. The Hall–Kier alpha value is -1.32. The molecule has 1 aromatic heterocycles. The summed E-state index contributed by atoms with van der Waals surface area (Å²) in [6.07, 6.45) is 0. The molecule has 1 heterocycles. The first-order valence-electron chi connectivity index (χ1n) is 4.88. The van der Waals surface area contributed by atoms with Crippen molar-refractivity contribution in [3.8, 4) is 0 Å². The van der Waals surface area contributed by atoms with E-state index in [2.05, 4.69) is 0 Å². The van der Waals surface area contributed by atoms with Gasteiger partial charge in [-0.2, -0.15) is 0 Å².